The maximum atomic E-state index is 12.9. The van der Waals surface area contributed by atoms with Gasteiger partial charge in [-0.15, -0.1) is 0 Å². The van der Waals surface area contributed by atoms with Gasteiger partial charge in [0, 0.05) is 44.2 Å². The number of piperidine rings is 3. The molecule has 4 rings (SSSR count). The molecule has 1 aromatic carbocycles. The number of aliphatic hydroxyl groups is 1. The van der Waals surface area contributed by atoms with Gasteiger partial charge in [-0.1, -0.05) is 12.1 Å². The average Bonchev–Trinajstić information content (AvgIpc) is 2.70. The highest BCUT2D eigenvalue weighted by molar-refractivity contribution is 5.96. The van der Waals surface area contributed by atoms with Crippen LogP contribution in [0.3, 0.4) is 0 Å². The number of hydrogen-bond donors (Lipinski definition) is 2. The number of β-amino-alcohol motifs (C(OH)–C–C–N with tert-alkyl or cyclic N) is 1. The van der Waals surface area contributed by atoms with Crippen molar-refractivity contribution in [2.45, 2.75) is 51.6 Å². The number of carbonyl (C=O) groups excluding carboxylic acids is 2. The van der Waals surface area contributed by atoms with E-state index in [0.29, 0.717) is 36.9 Å². The predicted molar refractivity (Wildman–Crippen MR) is 112 cm³/mol. The van der Waals surface area contributed by atoms with Crippen LogP contribution < -0.4 is 5.32 Å². The molecule has 2 bridgehead atoms. The van der Waals surface area contributed by atoms with Crippen LogP contribution in [0.2, 0.25) is 0 Å². The average molecular weight is 400 g/mol. The van der Waals surface area contributed by atoms with E-state index < -0.39 is 0 Å². The Hall–Kier alpha value is -1.92. The minimum Gasteiger partial charge on any atom is -0.395 e. The van der Waals surface area contributed by atoms with Gasteiger partial charge < -0.3 is 20.2 Å². The minimum atomic E-state index is -0.0580. The number of nitrogens with one attached hydrogen (secondary N) is 1. The van der Waals surface area contributed by atoms with E-state index >= 15 is 0 Å². The van der Waals surface area contributed by atoms with Crippen molar-refractivity contribution in [2.24, 2.45) is 11.8 Å². The van der Waals surface area contributed by atoms with E-state index in [1.54, 1.807) is 0 Å². The summed E-state index contributed by atoms with van der Waals surface area (Å²) in [7, 11) is 0. The van der Waals surface area contributed by atoms with Crippen LogP contribution in [0, 0.1) is 25.7 Å². The fourth-order valence-corrected chi connectivity index (χ4v) is 5.75. The number of aliphatic hydroxyl groups excluding tert-OH is 1. The van der Waals surface area contributed by atoms with Crippen molar-refractivity contribution in [1.82, 2.24) is 15.1 Å². The summed E-state index contributed by atoms with van der Waals surface area (Å²) in [6.45, 7) is 7.20. The third-order valence-corrected chi connectivity index (χ3v) is 7.31. The van der Waals surface area contributed by atoms with E-state index in [4.69, 9.17) is 0 Å². The lowest BCUT2D eigenvalue weighted by atomic mass is 9.72. The monoisotopic (exact) mass is 399 g/mol. The number of amides is 2. The fraction of sp³-hybridized carbons (Fsp3) is 0.652. The Morgan fingerprint density at radius 2 is 2.03 bits per heavy atom. The first-order chi connectivity index (χ1) is 14.0. The molecule has 4 atom stereocenters. The van der Waals surface area contributed by atoms with Crippen LogP contribution >= 0.6 is 0 Å². The molecule has 3 aliphatic rings. The van der Waals surface area contributed by atoms with Gasteiger partial charge in [0.05, 0.1) is 12.6 Å². The molecule has 2 amide bonds. The van der Waals surface area contributed by atoms with Gasteiger partial charge in [0.1, 0.15) is 0 Å². The predicted octanol–water partition coefficient (Wildman–Crippen LogP) is 1.73. The maximum Gasteiger partial charge on any atom is 0.251 e. The standard InChI is InChI=1S/C23H33N3O3/c1-15-5-3-6-19(16(15)2)23(29)24-12-21-18-11-17(13-25(14-18)9-10-27)20-7-4-8-22(28)26(20)21/h3,5-6,17-18,20-21,27H,4,7-14H2,1-2H3,(H,24,29)/t17-,18+,20+,21+/m1/s1. The van der Waals surface area contributed by atoms with E-state index in [-0.39, 0.29) is 30.5 Å². The summed E-state index contributed by atoms with van der Waals surface area (Å²) in [5.74, 6) is 1.02. The van der Waals surface area contributed by atoms with E-state index in [2.05, 4.69) is 15.1 Å². The molecular formula is C23H33N3O3. The topological polar surface area (TPSA) is 72.9 Å². The van der Waals surface area contributed by atoms with Crippen LogP contribution in [-0.4, -0.2) is 71.6 Å². The summed E-state index contributed by atoms with van der Waals surface area (Å²) in [4.78, 5) is 30.2. The van der Waals surface area contributed by atoms with E-state index in [9.17, 15) is 14.7 Å². The third kappa shape index (κ3) is 3.92. The molecule has 3 aliphatic heterocycles. The molecule has 0 saturated carbocycles. The fourth-order valence-electron chi connectivity index (χ4n) is 5.75. The highest BCUT2D eigenvalue weighted by atomic mass is 16.3. The van der Waals surface area contributed by atoms with Gasteiger partial charge in [0.2, 0.25) is 5.91 Å². The summed E-state index contributed by atoms with van der Waals surface area (Å²) in [5, 5.41) is 12.5. The molecule has 1 aromatic rings. The van der Waals surface area contributed by atoms with Crippen molar-refractivity contribution in [3.63, 3.8) is 0 Å². The molecule has 0 aliphatic carbocycles. The normalized spacial score (nSPS) is 29.5. The summed E-state index contributed by atoms with van der Waals surface area (Å²) in [6.07, 6.45) is 3.75. The SMILES string of the molecule is Cc1cccc(C(=O)NC[C@H]2[C@H]3C[C@H](CN(CCO)C3)[C@@H]3CCCC(=O)N32)c1C. The number of benzene rings is 1. The Morgan fingerprint density at radius 3 is 2.83 bits per heavy atom. The van der Waals surface area contributed by atoms with Crippen LogP contribution in [0.5, 0.6) is 0 Å². The zero-order valence-corrected chi connectivity index (χ0v) is 17.6. The lowest BCUT2D eigenvalue weighted by Gasteiger charge is -2.56. The second-order valence-corrected chi connectivity index (χ2v) is 9.02. The van der Waals surface area contributed by atoms with Crippen molar-refractivity contribution < 1.29 is 14.7 Å². The van der Waals surface area contributed by atoms with Gasteiger partial charge in [-0.05, 0) is 62.1 Å². The first-order valence-electron chi connectivity index (χ1n) is 11.0. The molecule has 0 spiro atoms. The second-order valence-electron chi connectivity index (χ2n) is 9.02. The summed E-state index contributed by atoms with van der Waals surface area (Å²) < 4.78 is 0. The molecule has 2 N–H and O–H groups in total. The van der Waals surface area contributed by atoms with Crippen LogP contribution in [0.4, 0.5) is 0 Å². The van der Waals surface area contributed by atoms with Gasteiger partial charge in [-0.2, -0.15) is 0 Å². The van der Waals surface area contributed by atoms with Crippen molar-refractivity contribution in [2.75, 3.05) is 32.8 Å². The highest BCUT2D eigenvalue weighted by Gasteiger charge is 2.49. The van der Waals surface area contributed by atoms with Gasteiger partial charge in [-0.25, -0.2) is 0 Å². The van der Waals surface area contributed by atoms with E-state index in [1.807, 2.05) is 32.0 Å². The van der Waals surface area contributed by atoms with E-state index in [1.165, 1.54) is 0 Å². The number of hydrogen-bond acceptors (Lipinski definition) is 4. The molecular weight excluding hydrogens is 366 g/mol. The molecule has 6 heteroatoms. The number of fused-ring (bicyclic) bond motifs is 4. The van der Waals surface area contributed by atoms with Crippen LogP contribution in [0.25, 0.3) is 0 Å². The second kappa shape index (κ2) is 8.44. The first kappa shape index (κ1) is 20.4. The highest BCUT2D eigenvalue weighted by Crippen LogP contribution is 2.41. The molecule has 29 heavy (non-hydrogen) atoms. The number of likely N-dealkylation sites (tertiary alicyclic amines) is 1. The third-order valence-electron chi connectivity index (χ3n) is 7.31. The molecule has 0 aromatic heterocycles. The molecule has 158 valence electrons. The Morgan fingerprint density at radius 1 is 1.24 bits per heavy atom. The van der Waals surface area contributed by atoms with Gasteiger partial charge in [-0.3, -0.25) is 9.59 Å². The Bertz CT molecular complexity index is 779. The number of carbonyl (C=O) groups is 2. The number of nitrogens with zero attached hydrogens (tertiary/aromatic N) is 2. The molecule has 0 unspecified atom stereocenters. The summed E-state index contributed by atoms with van der Waals surface area (Å²) in [6, 6.07) is 6.12. The van der Waals surface area contributed by atoms with Crippen LogP contribution in [0.1, 0.15) is 47.2 Å². The Kier molecular flexibility index (Phi) is 5.93. The van der Waals surface area contributed by atoms with Gasteiger partial charge >= 0.3 is 0 Å². The number of aryl methyl sites for hydroxylation is 1. The zero-order valence-electron chi connectivity index (χ0n) is 17.6. The lowest BCUT2D eigenvalue weighted by molar-refractivity contribution is -0.152. The smallest absolute Gasteiger partial charge is 0.251 e. The summed E-state index contributed by atoms with van der Waals surface area (Å²) >= 11 is 0. The van der Waals surface area contributed by atoms with Crippen LogP contribution in [0.15, 0.2) is 18.2 Å². The van der Waals surface area contributed by atoms with Gasteiger partial charge in [0.25, 0.3) is 5.91 Å². The van der Waals surface area contributed by atoms with Crippen molar-refractivity contribution >= 4 is 11.8 Å². The van der Waals surface area contributed by atoms with Crippen molar-refractivity contribution in [3.05, 3.63) is 34.9 Å². The zero-order chi connectivity index (χ0) is 20.5. The van der Waals surface area contributed by atoms with Crippen LogP contribution in [-0.2, 0) is 4.79 Å². The molecule has 6 nitrogen and oxygen atoms in total. The number of rotatable bonds is 5. The quantitative estimate of drug-likeness (QED) is 0.791. The van der Waals surface area contributed by atoms with Gasteiger partial charge in [0.15, 0.2) is 0 Å². The van der Waals surface area contributed by atoms with Crippen molar-refractivity contribution in [1.29, 1.82) is 0 Å². The molecule has 3 fully saturated rings. The lowest BCUT2D eigenvalue weighted by Crippen LogP contribution is -2.67. The largest absolute Gasteiger partial charge is 0.395 e. The summed E-state index contributed by atoms with van der Waals surface area (Å²) in [5.41, 5.74) is 2.83. The molecule has 3 saturated heterocycles. The maximum absolute atomic E-state index is 12.9. The molecule has 0 radical (unpaired) electrons. The van der Waals surface area contributed by atoms with Crippen molar-refractivity contribution in [3.8, 4) is 0 Å². The minimum absolute atomic E-state index is 0.0413. The Labute approximate surface area is 173 Å². The molecule has 3 heterocycles. The first-order valence-corrected chi connectivity index (χ1v) is 11.0. The van der Waals surface area contributed by atoms with E-state index in [0.717, 1.165) is 43.5 Å². The Balaban J connectivity index is 1.52.